The predicted molar refractivity (Wildman–Crippen MR) is 192 cm³/mol. The molecule has 4 fully saturated rings. The van der Waals surface area contributed by atoms with Gasteiger partial charge in [0.25, 0.3) is 0 Å². The van der Waals surface area contributed by atoms with E-state index < -0.39 is 81.7 Å². The van der Waals surface area contributed by atoms with Crippen molar-refractivity contribution in [3.05, 3.63) is 0 Å². The fourth-order valence-corrected chi connectivity index (χ4v) is 10.5. The first-order valence-corrected chi connectivity index (χ1v) is 19.3. The molecule has 4 heterocycles. The van der Waals surface area contributed by atoms with Crippen LogP contribution in [0, 0.1) is 11.3 Å². The standard InChI is InChI=1S/C36H63N3O12S/c1-21-30(4,16-40)50-33(7,36(10,47)34(21,8)46)19-48-18-29(3)27(44)31(5,17-41)51-32(6,35(29,9)39-22(2)42)20-49-25(43)14-12-11-13-24-26-23(15-52-24)37-28(45)38-26/h21,23-24,26-27,40-41,44,46-47H,11-20H2,1-10H3,(H,39,42)(H2,37,38,45)/t21-,23+,24?,26+,27+,29?,30?,31?,32?,33?,34?,35+,36-/m1/s1. The number of aliphatic hydroxyl groups excluding tert-OH is 3. The molecule has 8 N–H and O–H groups in total. The lowest BCUT2D eigenvalue weighted by atomic mass is 9.55. The molecule has 3 amide bonds. The van der Waals surface area contributed by atoms with Gasteiger partial charge in [0, 0.05) is 35.7 Å². The van der Waals surface area contributed by atoms with Crippen LogP contribution in [0.4, 0.5) is 4.79 Å². The molecule has 0 saturated carbocycles. The molecule has 4 saturated heterocycles. The van der Waals surface area contributed by atoms with Crippen molar-refractivity contribution in [1.82, 2.24) is 16.0 Å². The third-order valence-electron chi connectivity index (χ3n) is 13.5. The fraction of sp³-hybridized carbons (Fsp3) is 0.917. The summed E-state index contributed by atoms with van der Waals surface area (Å²) in [6.07, 6.45) is 0.860. The molecule has 0 bridgehead atoms. The van der Waals surface area contributed by atoms with Gasteiger partial charge < -0.3 is 60.4 Å². The number of hydrogen-bond donors (Lipinski definition) is 8. The molecule has 4 rings (SSSR count). The van der Waals surface area contributed by atoms with Gasteiger partial charge in [0.1, 0.15) is 29.0 Å². The zero-order chi connectivity index (χ0) is 39.3. The monoisotopic (exact) mass is 761 g/mol. The number of rotatable bonds is 14. The highest BCUT2D eigenvalue weighted by molar-refractivity contribution is 8.00. The van der Waals surface area contributed by atoms with E-state index in [0.717, 1.165) is 18.6 Å². The van der Waals surface area contributed by atoms with Gasteiger partial charge in [0.15, 0.2) is 0 Å². The Balaban J connectivity index is 1.51. The van der Waals surface area contributed by atoms with E-state index in [-0.39, 0.29) is 49.6 Å². The molecule has 4 aliphatic rings. The average molecular weight is 762 g/mol. The number of aliphatic hydroxyl groups is 5. The third kappa shape index (κ3) is 7.09. The molecule has 0 aromatic carbocycles. The Morgan fingerprint density at radius 1 is 0.923 bits per heavy atom. The average Bonchev–Trinajstić information content (AvgIpc) is 3.61. The number of unbranched alkanes of at least 4 members (excludes halogenated alkanes) is 1. The first-order valence-electron chi connectivity index (χ1n) is 18.3. The highest BCUT2D eigenvalue weighted by Crippen LogP contribution is 2.55. The van der Waals surface area contributed by atoms with Crippen molar-refractivity contribution in [2.45, 2.75) is 158 Å². The number of carbonyl (C=O) groups excluding carboxylic acids is 3. The van der Waals surface area contributed by atoms with Crippen molar-refractivity contribution < 1.29 is 58.9 Å². The highest BCUT2D eigenvalue weighted by atomic mass is 32.2. The van der Waals surface area contributed by atoms with Crippen molar-refractivity contribution in [3.8, 4) is 0 Å². The van der Waals surface area contributed by atoms with Crippen LogP contribution in [0.5, 0.6) is 0 Å². The van der Waals surface area contributed by atoms with E-state index >= 15 is 0 Å². The summed E-state index contributed by atoms with van der Waals surface area (Å²) >= 11 is 1.81. The maximum Gasteiger partial charge on any atom is 0.315 e. The Labute approximate surface area is 311 Å². The number of amides is 3. The molecule has 0 aliphatic carbocycles. The Kier molecular flexibility index (Phi) is 12.2. The Bertz CT molecular complexity index is 1360. The number of urea groups is 1. The Hall–Kier alpha value is -1.76. The number of hydrogen-bond acceptors (Lipinski definition) is 13. The molecule has 0 radical (unpaired) electrons. The third-order valence-corrected chi connectivity index (χ3v) is 15.0. The number of esters is 1. The minimum Gasteiger partial charge on any atom is -0.463 e. The molecule has 0 aromatic heterocycles. The van der Waals surface area contributed by atoms with Crippen molar-refractivity contribution in [1.29, 1.82) is 0 Å². The summed E-state index contributed by atoms with van der Waals surface area (Å²) in [5, 5.41) is 65.2. The van der Waals surface area contributed by atoms with Crippen LogP contribution >= 0.6 is 11.8 Å². The highest BCUT2D eigenvalue weighted by Gasteiger charge is 2.71. The topological polar surface area (TPSA) is 225 Å². The minimum atomic E-state index is -1.87. The first kappa shape index (κ1) is 43.0. The van der Waals surface area contributed by atoms with E-state index in [4.69, 9.17) is 18.9 Å². The second kappa shape index (κ2) is 14.7. The molecule has 16 heteroatoms. The largest absolute Gasteiger partial charge is 0.463 e. The van der Waals surface area contributed by atoms with Crippen LogP contribution in [0.2, 0.25) is 0 Å². The Morgan fingerprint density at radius 2 is 1.54 bits per heavy atom. The maximum absolute atomic E-state index is 13.1. The summed E-state index contributed by atoms with van der Waals surface area (Å²) < 4.78 is 24.9. The van der Waals surface area contributed by atoms with E-state index in [1.54, 1.807) is 41.5 Å². The summed E-state index contributed by atoms with van der Waals surface area (Å²) in [7, 11) is 0. The number of carbonyl (C=O) groups is 3. The Morgan fingerprint density at radius 3 is 2.13 bits per heavy atom. The molecular formula is C36H63N3O12S. The van der Waals surface area contributed by atoms with Crippen LogP contribution in [0.15, 0.2) is 0 Å². The summed E-state index contributed by atoms with van der Waals surface area (Å²) in [6.45, 7) is 13.7. The van der Waals surface area contributed by atoms with Crippen LogP contribution in [0.1, 0.15) is 94.9 Å². The zero-order valence-electron chi connectivity index (χ0n) is 32.5. The van der Waals surface area contributed by atoms with Crippen molar-refractivity contribution in [3.63, 3.8) is 0 Å². The molecule has 15 nitrogen and oxygen atoms in total. The van der Waals surface area contributed by atoms with Gasteiger partial charge in [0.2, 0.25) is 5.91 Å². The molecule has 4 aliphatic heterocycles. The van der Waals surface area contributed by atoms with E-state index in [0.29, 0.717) is 6.42 Å². The van der Waals surface area contributed by atoms with Crippen LogP contribution in [-0.2, 0) is 28.5 Å². The van der Waals surface area contributed by atoms with Crippen LogP contribution < -0.4 is 16.0 Å². The molecule has 7 unspecified atom stereocenters. The lowest BCUT2D eigenvalue weighted by Gasteiger charge is -2.65. The summed E-state index contributed by atoms with van der Waals surface area (Å²) in [4.78, 5) is 37.6. The molecule has 300 valence electrons. The van der Waals surface area contributed by atoms with Gasteiger partial charge in [-0.25, -0.2) is 4.79 Å². The second-order valence-electron chi connectivity index (χ2n) is 17.2. The van der Waals surface area contributed by atoms with Gasteiger partial charge in [-0.05, 0) is 61.3 Å². The molecule has 13 atom stereocenters. The number of thioether (sulfide) groups is 1. The lowest BCUT2D eigenvalue weighted by molar-refractivity contribution is -0.368. The smallest absolute Gasteiger partial charge is 0.315 e. The number of nitrogens with one attached hydrogen (secondary N) is 3. The summed E-state index contributed by atoms with van der Waals surface area (Å²) in [5.74, 6) is -0.751. The molecular weight excluding hydrogens is 698 g/mol. The van der Waals surface area contributed by atoms with Crippen molar-refractivity contribution >= 4 is 29.7 Å². The second-order valence-corrected chi connectivity index (χ2v) is 18.5. The van der Waals surface area contributed by atoms with Gasteiger partial charge in [-0.15, -0.1) is 0 Å². The van der Waals surface area contributed by atoms with Crippen LogP contribution in [-0.4, -0.2) is 145 Å². The van der Waals surface area contributed by atoms with Crippen molar-refractivity contribution in [2.75, 3.05) is 38.8 Å². The quantitative estimate of drug-likeness (QED) is 0.0696. The van der Waals surface area contributed by atoms with Gasteiger partial charge in [-0.2, -0.15) is 11.8 Å². The van der Waals surface area contributed by atoms with Crippen LogP contribution in [0.25, 0.3) is 0 Å². The SMILES string of the molecule is CC(=O)N[C@]1(C)C(C)(COC(=O)CCCCC2SC[C@@H]3NC(=O)N[C@H]23)OC(C)(CO)[C@@H](O)C1(C)COCC1(C)OC(C)(CO)[C@@H](C)C(C)(O)[C@]1(C)O. The number of ether oxygens (including phenoxy) is 4. The summed E-state index contributed by atoms with van der Waals surface area (Å²) in [5.41, 5.74) is -12.4. The van der Waals surface area contributed by atoms with E-state index in [1.807, 2.05) is 11.8 Å². The maximum atomic E-state index is 13.1. The van der Waals surface area contributed by atoms with Gasteiger partial charge in [-0.3, -0.25) is 9.59 Å². The minimum absolute atomic E-state index is 0.0827. The fourth-order valence-electron chi connectivity index (χ4n) is 8.97. The van der Waals surface area contributed by atoms with Crippen molar-refractivity contribution in [2.24, 2.45) is 11.3 Å². The number of fused-ring (bicyclic) bond motifs is 1. The van der Waals surface area contributed by atoms with Gasteiger partial charge in [-0.1, -0.05) is 20.3 Å². The molecule has 0 aromatic rings. The zero-order valence-corrected chi connectivity index (χ0v) is 33.3. The van der Waals surface area contributed by atoms with E-state index in [1.165, 1.54) is 27.7 Å². The van der Waals surface area contributed by atoms with E-state index in [2.05, 4.69) is 16.0 Å². The lowest BCUT2D eigenvalue weighted by Crippen LogP contribution is -2.83. The van der Waals surface area contributed by atoms with Gasteiger partial charge in [0.05, 0.1) is 61.4 Å². The predicted octanol–water partition coefficient (Wildman–Crippen LogP) is 0.752. The van der Waals surface area contributed by atoms with Gasteiger partial charge >= 0.3 is 12.0 Å². The first-order chi connectivity index (χ1) is 23.8. The molecule has 0 spiro atoms. The normalized spacial score (nSPS) is 47.4. The van der Waals surface area contributed by atoms with E-state index in [9.17, 15) is 39.9 Å². The molecule has 52 heavy (non-hydrogen) atoms. The van der Waals surface area contributed by atoms with Crippen LogP contribution in [0.3, 0.4) is 0 Å². The summed E-state index contributed by atoms with van der Waals surface area (Å²) in [6, 6.07) is 0.0668.